The fourth-order valence-corrected chi connectivity index (χ4v) is 13.8. The molecule has 0 spiro atoms. The van der Waals surface area contributed by atoms with Gasteiger partial charge in [0.1, 0.15) is 12.1 Å². The van der Waals surface area contributed by atoms with Crippen LogP contribution in [0.15, 0.2) is 72.2 Å². The summed E-state index contributed by atoms with van der Waals surface area (Å²) in [7, 11) is 0. The number of hydrogen-bond acceptors (Lipinski definition) is 18. The quantitative estimate of drug-likeness (QED) is 0.0333. The second-order valence-electron chi connectivity index (χ2n) is 23.1. The van der Waals surface area contributed by atoms with Crippen molar-refractivity contribution in [2.75, 3.05) is 62.6 Å². The predicted octanol–water partition coefficient (Wildman–Crippen LogP) is 8.83. The van der Waals surface area contributed by atoms with Crippen LogP contribution in [0.1, 0.15) is 109 Å². The van der Waals surface area contributed by atoms with Crippen LogP contribution < -0.4 is 25.6 Å². The molecule has 2 saturated heterocycles. The lowest BCUT2D eigenvalue weighted by atomic mass is 9.85. The molecule has 456 valence electrons. The number of fused-ring (bicyclic) bond motifs is 2. The predicted molar refractivity (Wildman–Crippen MR) is 334 cm³/mol. The molecule has 5 N–H and O–H groups in total. The number of benzene rings is 3. The van der Waals surface area contributed by atoms with E-state index in [9.17, 15) is 34.2 Å². The fourth-order valence-electron chi connectivity index (χ4n) is 11.0. The lowest BCUT2D eigenvalue weighted by Crippen LogP contribution is -2.57. The van der Waals surface area contributed by atoms with Gasteiger partial charge in [-0.3, -0.25) is 24.1 Å². The summed E-state index contributed by atoms with van der Waals surface area (Å²) in [5.41, 5.74) is 7.31. The molecule has 87 heavy (non-hydrogen) atoms. The molecule has 4 amide bonds. The highest BCUT2D eigenvalue weighted by molar-refractivity contribution is 7.22. The minimum absolute atomic E-state index is 0.000253. The van der Waals surface area contributed by atoms with Gasteiger partial charge in [0, 0.05) is 86.6 Å². The number of halogens is 1. The third kappa shape index (κ3) is 15.2. The number of aliphatic hydroxyl groups excluding tert-OH is 1. The van der Waals surface area contributed by atoms with Crippen LogP contribution in [-0.2, 0) is 38.6 Å². The number of para-hydroxylation sites is 1. The molecule has 0 radical (unpaired) electrons. The number of anilines is 4. The van der Waals surface area contributed by atoms with E-state index in [-0.39, 0.29) is 68.1 Å². The van der Waals surface area contributed by atoms with Crippen molar-refractivity contribution in [3.8, 4) is 28.0 Å². The number of ether oxygens (including phenoxy) is 1. The average Bonchev–Trinajstić information content (AvgIpc) is 2.28. The van der Waals surface area contributed by atoms with Crippen molar-refractivity contribution in [3.63, 3.8) is 0 Å². The Hall–Kier alpha value is -7.95. The first-order valence-electron chi connectivity index (χ1n) is 29.3. The lowest BCUT2D eigenvalue weighted by Gasteiger charge is -2.35. The molecule has 2 fully saturated rings. The number of hydrogen-bond donors (Lipinski definition) is 5. The summed E-state index contributed by atoms with van der Waals surface area (Å²) in [6.45, 7) is 13.2. The summed E-state index contributed by atoms with van der Waals surface area (Å²) in [5.74, 6) is 4.67. The van der Waals surface area contributed by atoms with Crippen LogP contribution in [-0.4, -0.2) is 150 Å². The monoisotopic (exact) mass is 1240 g/mol. The Kier molecular flexibility index (Phi) is 19.9. The van der Waals surface area contributed by atoms with E-state index in [2.05, 4.69) is 57.8 Å². The number of aliphatic hydroxyl groups is 1. The van der Waals surface area contributed by atoms with Crippen LogP contribution in [0.5, 0.6) is 5.75 Å². The summed E-state index contributed by atoms with van der Waals surface area (Å²) in [6, 6.07) is 18.5. The zero-order chi connectivity index (χ0) is 61.4. The van der Waals surface area contributed by atoms with Crippen LogP contribution in [0.2, 0.25) is 0 Å². The molecule has 0 aliphatic carbocycles. The highest BCUT2D eigenvalue weighted by atomic mass is 32.1. The number of nitrogens with zero attached hydrogens (tertiary/aromatic N) is 9. The summed E-state index contributed by atoms with van der Waals surface area (Å²) in [4.78, 5) is 89.0. The zero-order valence-electron chi connectivity index (χ0n) is 49.4. The molecule has 20 nitrogen and oxygen atoms in total. The molecule has 4 aromatic heterocycles. The van der Waals surface area contributed by atoms with E-state index < -0.39 is 41.3 Å². The second kappa shape index (κ2) is 27.8. The number of carboxylic acid groups (broad SMARTS) is 1. The van der Waals surface area contributed by atoms with Crippen molar-refractivity contribution in [3.05, 3.63) is 117 Å². The van der Waals surface area contributed by atoms with Gasteiger partial charge in [-0.05, 0) is 99.2 Å². The standard InChI is InChI=1S/C63H71FN12O8S3/c1-38-44-14-11-27-75(57(44)72-71-56(38)70-61-67-46-15-6-7-16-49(46)86-61)62-69-53(60(82)83)50(87-62)17-12-32-84-48-25-22-40(33-45(48)64)13-10-26-73-28-30-74(31-29-73)52(79)19-9-8-18-51(78)68-55(63(3,4)5)59(81)76-36-43(77)34-47(76)58(80)65-35-41-20-23-42(24-21-41)54-39(2)66-37-85-54/h6-7,15-16,20-25,33,37,43,47,55,77H,8-9,11-12,14,17-19,26-32,34-36H2,1-5H3,(H,65,80)(H,68,78)(H,82,83)(H,67,70,71)/t43-,47+,55?/m1/s1. The van der Waals surface area contributed by atoms with Crippen molar-refractivity contribution < 1.29 is 43.3 Å². The number of unbranched alkanes of at least 4 members (excludes halogenated alkanes) is 1. The van der Waals surface area contributed by atoms with E-state index in [0.29, 0.717) is 92.2 Å². The number of nitrogens with one attached hydrogen (secondary N) is 3. The molecule has 7 heterocycles. The van der Waals surface area contributed by atoms with E-state index >= 15 is 4.39 Å². The van der Waals surface area contributed by atoms with Crippen LogP contribution in [0.25, 0.3) is 20.7 Å². The summed E-state index contributed by atoms with van der Waals surface area (Å²) in [6.07, 6.45) is 2.90. The van der Waals surface area contributed by atoms with E-state index in [1.54, 1.807) is 29.0 Å². The number of aromatic carboxylic acids is 1. The first-order valence-corrected chi connectivity index (χ1v) is 31.8. The van der Waals surface area contributed by atoms with Gasteiger partial charge in [0.2, 0.25) is 23.6 Å². The van der Waals surface area contributed by atoms with Gasteiger partial charge in [-0.15, -0.1) is 32.9 Å². The van der Waals surface area contributed by atoms with Crippen molar-refractivity contribution in [2.45, 2.75) is 117 Å². The Morgan fingerprint density at radius 2 is 1.70 bits per heavy atom. The highest BCUT2D eigenvalue weighted by Crippen LogP contribution is 2.40. The van der Waals surface area contributed by atoms with E-state index in [4.69, 9.17) is 4.74 Å². The van der Waals surface area contributed by atoms with Crippen molar-refractivity contribution in [2.24, 2.45) is 5.41 Å². The molecule has 3 atom stereocenters. The highest BCUT2D eigenvalue weighted by Gasteiger charge is 2.44. The first-order chi connectivity index (χ1) is 41.9. The molecular weight excluding hydrogens is 1170 g/mol. The molecule has 3 aliphatic rings. The normalized spacial score (nSPS) is 16.5. The van der Waals surface area contributed by atoms with Crippen molar-refractivity contribution in [1.82, 2.24) is 50.5 Å². The summed E-state index contributed by atoms with van der Waals surface area (Å²) >= 11 is 4.40. The van der Waals surface area contributed by atoms with Crippen molar-refractivity contribution in [1.29, 1.82) is 0 Å². The number of carbonyl (C=O) groups excluding carboxylic acids is 4. The lowest BCUT2D eigenvalue weighted by molar-refractivity contribution is -0.144. The van der Waals surface area contributed by atoms with E-state index in [1.807, 2.05) is 92.9 Å². The Balaban J connectivity index is 0.622. The minimum atomic E-state index is -1.13. The van der Waals surface area contributed by atoms with Gasteiger partial charge in [0.25, 0.3) is 0 Å². The maximum Gasteiger partial charge on any atom is 0.355 e. The fraction of sp³-hybridized carbons (Fsp3) is 0.429. The number of aromatic nitrogens is 5. The Labute approximate surface area is 516 Å². The third-order valence-electron chi connectivity index (χ3n) is 15.8. The number of carbonyl (C=O) groups is 5. The molecule has 0 saturated carbocycles. The Morgan fingerprint density at radius 1 is 0.920 bits per heavy atom. The second-order valence-corrected chi connectivity index (χ2v) is 26.1. The van der Waals surface area contributed by atoms with Crippen LogP contribution in [0.4, 0.5) is 26.3 Å². The van der Waals surface area contributed by atoms with E-state index in [0.717, 1.165) is 61.0 Å². The molecule has 3 aromatic carbocycles. The molecule has 7 aromatic rings. The van der Waals surface area contributed by atoms with Crippen LogP contribution >= 0.6 is 34.0 Å². The maximum absolute atomic E-state index is 15.3. The topological polar surface area (TPSA) is 249 Å². The molecule has 3 aliphatic heterocycles. The Morgan fingerprint density at radius 3 is 2.44 bits per heavy atom. The number of rotatable bonds is 21. The van der Waals surface area contributed by atoms with Gasteiger partial charge in [-0.25, -0.2) is 24.1 Å². The van der Waals surface area contributed by atoms with Gasteiger partial charge in [-0.2, -0.15) is 0 Å². The van der Waals surface area contributed by atoms with Crippen molar-refractivity contribution >= 4 is 95.7 Å². The molecule has 10 rings (SSSR count). The van der Waals surface area contributed by atoms with E-state index in [1.165, 1.54) is 33.6 Å². The number of aryl methyl sites for hydroxylation is 2. The molecule has 1 unspecified atom stereocenters. The van der Waals surface area contributed by atoms with Gasteiger partial charge >= 0.3 is 5.97 Å². The number of piperazine rings is 1. The largest absolute Gasteiger partial charge is 0.491 e. The molecule has 24 heteroatoms. The summed E-state index contributed by atoms with van der Waals surface area (Å²) < 4.78 is 22.1. The van der Waals surface area contributed by atoms with Gasteiger partial charge in [-0.1, -0.05) is 80.3 Å². The van der Waals surface area contributed by atoms with Gasteiger partial charge < -0.3 is 45.6 Å². The Bertz CT molecular complexity index is 3680. The van der Waals surface area contributed by atoms with Crippen LogP contribution in [0.3, 0.4) is 0 Å². The van der Waals surface area contributed by atoms with Crippen LogP contribution in [0, 0.1) is 36.9 Å². The van der Waals surface area contributed by atoms with Gasteiger partial charge in [0.05, 0.1) is 45.6 Å². The van der Waals surface area contributed by atoms with Gasteiger partial charge in [0.15, 0.2) is 39.2 Å². The SMILES string of the molecule is Cc1ncsc1-c1ccc(CNC(=O)[C@@H]2C[C@@H](O)CN2C(=O)C(NC(=O)CCCCC(=O)N2CCN(CC#Cc3ccc(OCCCc4sc(N5CCCc6c5nnc(Nc5nc7ccccc7s5)c6C)nc4C(=O)O)c(F)c3)CC2)C(C)(C)C)cc1. The number of likely N-dealkylation sites (tertiary alicyclic amines) is 1. The minimum Gasteiger partial charge on any atom is -0.491 e. The molecular formula is C63H71FN12O8S3. The maximum atomic E-state index is 15.3. The zero-order valence-corrected chi connectivity index (χ0v) is 51.8. The molecule has 0 bridgehead atoms. The third-order valence-corrected chi connectivity index (χ3v) is 18.8. The number of amides is 4. The number of thiazole rings is 3. The number of β-amino-alcohol motifs (C(OH)–C–C–N with tert-alkyl or cyclic N) is 1. The smallest absolute Gasteiger partial charge is 0.355 e. The number of carboxylic acids is 1. The average molecular weight is 1240 g/mol. The first kappa shape index (κ1) is 62.1. The summed E-state index contributed by atoms with van der Waals surface area (Å²) in [5, 5.41) is 40.3.